The summed E-state index contributed by atoms with van der Waals surface area (Å²) < 4.78 is 4.89. The summed E-state index contributed by atoms with van der Waals surface area (Å²) in [4.78, 5) is 21.9. The Morgan fingerprint density at radius 1 is 1.27 bits per heavy atom. The first-order valence-corrected chi connectivity index (χ1v) is 4.44. The molecule has 0 heterocycles. The topological polar surface area (TPSA) is 63.6 Å². The first kappa shape index (κ1) is 11.2. The number of rotatable bonds is 2. The SMILES string of the molecule is CC(=O)Oc1cc(C(C)=O)c(O)cc1C. The van der Waals surface area contributed by atoms with Gasteiger partial charge in [-0.3, -0.25) is 9.59 Å². The van der Waals surface area contributed by atoms with Crippen molar-refractivity contribution in [2.75, 3.05) is 0 Å². The van der Waals surface area contributed by atoms with E-state index in [2.05, 4.69) is 0 Å². The van der Waals surface area contributed by atoms with Crippen molar-refractivity contribution in [3.05, 3.63) is 23.3 Å². The van der Waals surface area contributed by atoms with Gasteiger partial charge in [0, 0.05) is 6.92 Å². The monoisotopic (exact) mass is 208 g/mol. The Kier molecular flexibility index (Phi) is 3.09. The van der Waals surface area contributed by atoms with Crippen LogP contribution in [0.15, 0.2) is 12.1 Å². The summed E-state index contributed by atoms with van der Waals surface area (Å²) in [6, 6.07) is 2.77. The maximum atomic E-state index is 11.1. The highest BCUT2D eigenvalue weighted by atomic mass is 16.5. The van der Waals surface area contributed by atoms with Crippen molar-refractivity contribution in [1.29, 1.82) is 0 Å². The molecule has 0 fully saturated rings. The normalized spacial score (nSPS) is 9.80. The highest BCUT2D eigenvalue weighted by Gasteiger charge is 2.12. The minimum Gasteiger partial charge on any atom is -0.507 e. The molecule has 80 valence electrons. The lowest BCUT2D eigenvalue weighted by atomic mass is 10.1. The third-order valence-electron chi connectivity index (χ3n) is 1.93. The fourth-order valence-corrected chi connectivity index (χ4v) is 1.22. The highest BCUT2D eigenvalue weighted by Crippen LogP contribution is 2.27. The van der Waals surface area contributed by atoms with E-state index in [1.165, 1.54) is 26.0 Å². The largest absolute Gasteiger partial charge is 0.507 e. The number of hydrogen-bond acceptors (Lipinski definition) is 4. The number of ketones is 1. The fraction of sp³-hybridized carbons (Fsp3) is 0.273. The molecule has 1 aromatic carbocycles. The number of phenols is 1. The molecule has 1 N–H and O–H groups in total. The molecule has 0 radical (unpaired) electrons. The Balaban J connectivity index is 3.23. The number of carbonyl (C=O) groups excluding carboxylic acids is 2. The second-order valence-corrected chi connectivity index (χ2v) is 3.28. The Labute approximate surface area is 87.5 Å². The molecular formula is C11H12O4. The summed E-state index contributed by atoms with van der Waals surface area (Å²) in [5.74, 6) is -0.541. The first-order valence-electron chi connectivity index (χ1n) is 4.44. The molecule has 0 aliphatic heterocycles. The fourth-order valence-electron chi connectivity index (χ4n) is 1.22. The molecule has 0 bridgehead atoms. The van der Waals surface area contributed by atoms with Gasteiger partial charge in [-0.25, -0.2) is 0 Å². The molecular weight excluding hydrogens is 196 g/mol. The third kappa shape index (κ3) is 2.56. The summed E-state index contributed by atoms with van der Waals surface area (Å²) in [6.45, 7) is 4.30. The Morgan fingerprint density at radius 2 is 1.87 bits per heavy atom. The molecule has 1 rings (SSSR count). The zero-order valence-electron chi connectivity index (χ0n) is 8.83. The Hall–Kier alpha value is -1.84. The van der Waals surface area contributed by atoms with E-state index in [1.54, 1.807) is 6.92 Å². The average Bonchev–Trinajstić information content (AvgIpc) is 2.08. The molecule has 0 atom stereocenters. The van der Waals surface area contributed by atoms with E-state index in [-0.39, 0.29) is 17.1 Å². The number of aryl methyl sites for hydroxylation is 1. The van der Waals surface area contributed by atoms with Gasteiger partial charge < -0.3 is 9.84 Å². The molecule has 0 saturated heterocycles. The van der Waals surface area contributed by atoms with Crippen LogP contribution in [-0.4, -0.2) is 16.9 Å². The molecule has 0 aliphatic rings. The summed E-state index contributed by atoms with van der Waals surface area (Å²) in [7, 11) is 0. The minimum atomic E-state index is -0.460. The van der Waals surface area contributed by atoms with E-state index in [0.29, 0.717) is 11.3 Å². The summed E-state index contributed by atoms with van der Waals surface area (Å²) in [5, 5.41) is 9.46. The third-order valence-corrected chi connectivity index (χ3v) is 1.93. The van der Waals surface area contributed by atoms with Crippen LogP contribution < -0.4 is 4.74 Å². The summed E-state index contributed by atoms with van der Waals surface area (Å²) >= 11 is 0. The van der Waals surface area contributed by atoms with Crippen LogP contribution in [0.4, 0.5) is 0 Å². The van der Waals surface area contributed by atoms with Gasteiger partial charge in [0.25, 0.3) is 0 Å². The van der Waals surface area contributed by atoms with E-state index < -0.39 is 5.97 Å². The van der Waals surface area contributed by atoms with Crippen molar-refractivity contribution in [1.82, 2.24) is 0 Å². The summed E-state index contributed by atoms with van der Waals surface area (Å²) in [6.07, 6.45) is 0. The molecule has 0 spiro atoms. The predicted molar refractivity (Wildman–Crippen MR) is 54.2 cm³/mol. The zero-order valence-corrected chi connectivity index (χ0v) is 8.83. The predicted octanol–water partition coefficient (Wildman–Crippen LogP) is 1.83. The molecule has 0 unspecified atom stereocenters. The van der Waals surface area contributed by atoms with Gasteiger partial charge in [0.2, 0.25) is 0 Å². The molecule has 1 aromatic rings. The lowest BCUT2D eigenvalue weighted by molar-refractivity contribution is -0.131. The number of aromatic hydroxyl groups is 1. The van der Waals surface area contributed by atoms with E-state index in [1.807, 2.05) is 0 Å². The Bertz CT molecular complexity index is 421. The van der Waals surface area contributed by atoms with Gasteiger partial charge in [-0.05, 0) is 31.5 Å². The van der Waals surface area contributed by atoms with Crippen molar-refractivity contribution in [3.63, 3.8) is 0 Å². The number of Topliss-reactive ketones (excluding diaryl/α,β-unsaturated/α-hetero) is 1. The summed E-state index contributed by atoms with van der Waals surface area (Å²) in [5.41, 5.74) is 0.754. The molecule has 0 amide bonds. The highest BCUT2D eigenvalue weighted by molar-refractivity contribution is 5.97. The number of hydrogen-bond donors (Lipinski definition) is 1. The van der Waals surface area contributed by atoms with Crippen LogP contribution >= 0.6 is 0 Å². The van der Waals surface area contributed by atoms with Gasteiger partial charge in [0.05, 0.1) is 5.56 Å². The van der Waals surface area contributed by atoms with E-state index in [9.17, 15) is 14.7 Å². The minimum absolute atomic E-state index is 0.101. The maximum absolute atomic E-state index is 11.1. The second-order valence-electron chi connectivity index (χ2n) is 3.28. The standard InChI is InChI=1S/C11H12O4/c1-6-4-10(14)9(7(2)12)5-11(6)15-8(3)13/h4-5,14H,1-3H3. The maximum Gasteiger partial charge on any atom is 0.308 e. The number of benzene rings is 1. The number of phenolic OH excluding ortho intramolecular Hbond substituents is 1. The smallest absolute Gasteiger partial charge is 0.308 e. The average molecular weight is 208 g/mol. The van der Waals surface area contributed by atoms with Gasteiger partial charge in [0.15, 0.2) is 5.78 Å². The molecule has 0 saturated carbocycles. The lowest BCUT2D eigenvalue weighted by Gasteiger charge is -2.08. The number of ether oxygens (including phenoxy) is 1. The molecule has 15 heavy (non-hydrogen) atoms. The van der Waals surface area contributed by atoms with E-state index in [4.69, 9.17) is 4.74 Å². The van der Waals surface area contributed by atoms with Gasteiger partial charge in [-0.2, -0.15) is 0 Å². The van der Waals surface area contributed by atoms with Crippen molar-refractivity contribution in [2.45, 2.75) is 20.8 Å². The van der Waals surface area contributed by atoms with Gasteiger partial charge in [-0.1, -0.05) is 0 Å². The van der Waals surface area contributed by atoms with Gasteiger partial charge >= 0.3 is 5.97 Å². The number of carbonyl (C=O) groups is 2. The second kappa shape index (κ2) is 4.13. The Morgan fingerprint density at radius 3 is 2.33 bits per heavy atom. The van der Waals surface area contributed by atoms with Crippen LogP contribution in [0.2, 0.25) is 0 Å². The molecule has 4 heteroatoms. The van der Waals surface area contributed by atoms with Crippen LogP contribution in [0.1, 0.15) is 29.8 Å². The van der Waals surface area contributed by atoms with Crippen LogP contribution in [0.3, 0.4) is 0 Å². The van der Waals surface area contributed by atoms with Gasteiger partial charge in [-0.15, -0.1) is 0 Å². The molecule has 0 aromatic heterocycles. The van der Waals surface area contributed by atoms with Crippen LogP contribution in [-0.2, 0) is 4.79 Å². The van der Waals surface area contributed by atoms with Crippen LogP contribution in [0.5, 0.6) is 11.5 Å². The van der Waals surface area contributed by atoms with Crippen LogP contribution in [0.25, 0.3) is 0 Å². The quantitative estimate of drug-likeness (QED) is 0.457. The van der Waals surface area contributed by atoms with Crippen molar-refractivity contribution in [2.24, 2.45) is 0 Å². The zero-order chi connectivity index (χ0) is 11.6. The first-order chi connectivity index (χ1) is 6.91. The van der Waals surface area contributed by atoms with Crippen molar-refractivity contribution in [3.8, 4) is 11.5 Å². The lowest BCUT2D eigenvalue weighted by Crippen LogP contribution is -2.04. The molecule has 4 nitrogen and oxygen atoms in total. The van der Waals surface area contributed by atoms with Crippen LogP contribution in [0, 0.1) is 6.92 Å². The van der Waals surface area contributed by atoms with Crippen molar-refractivity contribution >= 4 is 11.8 Å². The van der Waals surface area contributed by atoms with Crippen molar-refractivity contribution < 1.29 is 19.4 Å². The van der Waals surface area contributed by atoms with E-state index >= 15 is 0 Å². The van der Waals surface area contributed by atoms with E-state index in [0.717, 1.165) is 0 Å². The van der Waals surface area contributed by atoms with Gasteiger partial charge in [0.1, 0.15) is 11.5 Å². The number of esters is 1. The molecule has 0 aliphatic carbocycles.